The van der Waals surface area contributed by atoms with Crippen LogP contribution in [0.1, 0.15) is 0 Å². The molecule has 0 aliphatic heterocycles. The molecular formula is C4H4Cl4O3. The van der Waals surface area contributed by atoms with E-state index in [9.17, 15) is 4.79 Å². The Morgan fingerprint density at radius 1 is 1.36 bits per heavy atom. The van der Waals surface area contributed by atoms with Gasteiger partial charge in [-0.1, -0.05) is 23.2 Å². The quantitative estimate of drug-likeness (QED) is 0.735. The van der Waals surface area contributed by atoms with Crippen molar-refractivity contribution in [1.29, 1.82) is 0 Å². The van der Waals surface area contributed by atoms with Crippen LogP contribution in [-0.4, -0.2) is 31.5 Å². The van der Waals surface area contributed by atoms with Gasteiger partial charge in [-0.05, 0) is 0 Å². The third kappa shape index (κ3) is 2.84. The molecule has 1 atom stereocenters. The van der Waals surface area contributed by atoms with Crippen LogP contribution in [0.25, 0.3) is 0 Å². The topological polar surface area (TPSA) is 57.5 Å². The van der Waals surface area contributed by atoms with Gasteiger partial charge in [0, 0.05) is 0 Å². The normalized spacial score (nSPS) is 15.1. The number of hydrogen-bond acceptors (Lipinski definition) is 2. The second-order valence-electron chi connectivity index (χ2n) is 1.71. The summed E-state index contributed by atoms with van der Waals surface area (Å²) in [6.07, 6.45) is -1.73. The number of carbonyl (C=O) groups is 1. The van der Waals surface area contributed by atoms with Gasteiger partial charge in [-0.3, -0.25) is 0 Å². The van der Waals surface area contributed by atoms with Crippen molar-refractivity contribution < 1.29 is 15.0 Å². The lowest BCUT2D eigenvalue weighted by Crippen LogP contribution is -2.42. The number of halogens is 4. The molecule has 0 heterocycles. The van der Waals surface area contributed by atoms with Crippen LogP contribution in [-0.2, 0) is 4.79 Å². The van der Waals surface area contributed by atoms with Gasteiger partial charge in [0.15, 0.2) is 0 Å². The van der Waals surface area contributed by atoms with Crippen LogP contribution in [0.4, 0.5) is 0 Å². The van der Waals surface area contributed by atoms with Gasteiger partial charge in [-0.2, -0.15) is 0 Å². The standard InChI is InChI=1S/C4H4Cl4O3/c5-2(6)1(9)4(7,8)3(10)11/h1-2,9H,(H,10,11). The van der Waals surface area contributed by atoms with Crippen LogP contribution in [0.5, 0.6) is 0 Å². The molecule has 0 bridgehead atoms. The summed E-state index contributed by atoms with van der Waals surface area (Å²) in [6, 6.07) is 0. The third-order valence-corrected chi connectivity index (χ3v) is 2.14. The number of aliphatic hydroxyl groups excluding tert-OH is 1. The fourth-order valence-corrected chi connectivity index (χ4v) is 1.17. The van der Waals surface area contributed by atoms with Crippen molar-refractivity contribution >= 4 is 52.4 Å². The molecule has 0 fully saturated rings. The molecule has 0 aromatic heterocycles. The third-order valence-electron chi connectivity index (χ3n) is 0.895. The molecule has 66 valence electrons. The number of rotatable bonds is 3. The highest BCUT2D eigenvalue weighted by atomic mass is 35.5. The summed E-state index contributed by atoms with van der Waals surface area (Å²) in [5.74, 6) is -1.60. The number of aliphatic carboxylic acids is 1. The highest BCUT2D eigenvalue weighted by Crippen LogP contribution is 2.30. The molecule has 0 aliphatic rings. The second-order valence-corrected chi connectivity index (χ2v) is 4.26. The van der Waals surface area contributed by atoms with Crippen LogP contribution in [0.15, 0.2) is 0 Å². The lowest BCUT2D eigenvalue weighted by Gasteiger charge is -2.21. The average molecular weight is 242 g/mol. The molecule has 0 aliphatic carbocycles. The van der Waals surface area contributed by atoms with Gasteiger partial charge in [0.25, 0.3) is 0 Å². The van der Waals surface area contributed by atoms with Crippen molar-refractivity contribution in [2.75, 3.05) is 0 Å². The van der Waals surface area contributed by atoms with Gasteiger partial charge in [0.2, 0.25) is 4.33 Å². The molecule has 1 unspecified atom stereocenters. The first-order chi connectivity index (χ1) is 4.80. The smallest absolute Gasteiger partial charge is 0.343 e. The molecular weight excluding hydrogens is 238 g/mol. The second kappa shape index (κ2) is 4.01. The summed E-state index contributed by atoms with van der Waals surface area (Å²) in [5, 5.41) is 17.2. The maximum Gasteiger partial charge on any atom is 0.343 e. The predicted octanol–water partition coefficient (Wildman–Crippen LogP) is 1.41. The van der Waals surface area contributed by atoms with E-state index in [0.29, 0.717) is 0 Å². The zero-order chi connectivity index (χ0) is 9.23. The Balaban J connectivity index is 4.42. The number of carboxylic acid groups (broad SMARTS) is 1. The van der Waals surface area contributed by atoms with Crippen molar-refractivity contribution in [3.63, 3.8) is 0 Å². The first kappa shape index (κ1) is 11.6. The monoisotopic (exact) mass is 240 g/mol. The van der Waals surface area contributed by atoms with E-state index in [0.717, 1.165) is 0 Å². The maximum atomic E-state index is 10.2. The van der Waals surface area contributed by atoms with E-state index in [1.165, 1.54) is 0 Å². The number of aliphatic hydroxyl groups is 1. The summed E-state index contributed by atoms with van der Waals surface area (Å²) in [7, 11) is 0. The summed E-state index contributed by atoms with van der Waals surface area (Å²) in [6.45, 7) is 0. The Morgan fingerprint density at radius 2 is 1.73 bits per heavy atom. The van der Waals surface area contributed by atoms with Crippen molar-refractivity contribution in [3.05, 3.63) is 0 Å². The lowest BCUT2D eigenvalue weighted by molar-refractivity contribution is -0.140. The zero-order valence-electron chi connectivity index (χ0n) is 4.97. The van der Waals surface area contributed by atoms with Gasteiger partial charge in [0.1, 0.15) is 10.9 Å². The van der Waals surface area contributed by atoms with E-state index in [2.05, 4.69) is 0 Å². The molecule has 0 amide bonds. The van der Waals surface area contributed by atoms with Crippen LogP contribution in [0.2, 0.25) is 0 Å². The Bertz CT molecular complexity index is 157. The molecule has 11 heavy (non-hydrogen) atoms. The van der Waals surface area contributed by atoms with E-state index in [1.54, 1.807) is 0 Å². The first-order valence-corrected chi connectivity index (χ1v) is 4.00. The summed E-state index contributed by atoms with van der Waals surface area (Å²) >= 11 is 20.6. The van der Waals surface area contributed by atoms with E-state index < -0.39 is 21.2 Å². The summed E-state index contributed by atoms with van der Waals surface area (Å²) in [4.78, 5) is 8.88. The SMILES string of the molecule is O=C(O)C(Cl)(Cl)C(O)C(Cl)Cl. The molecule has 0 saturated carbocycles. The van der Waals surface area contributed by atoms with Crippen LogP contribution in [0, 0.1) is 0 Å². The molecule has 0 saturated heterocycles. The minimum absolute atomic E-state index is 1.35. The van der Waals surface area contributed by atoms with E-state index in [4.69, 9.17) is 56.6 Å². The van der Waals surface area contributed by atoms with Crippen LogP contribution in [0.3, 0.4) is 0 Å². The summed E-state index contributed by atoms with van der Waals surface area (Å²) in [5.41, 5.74) is 0. The molecule has 0 rings (SSSR count). The van der Waals surface area contributed by atoms with Crippen molar-refractivity contribution in [1.82, 2.24) is 0 Å². The van der Waals surface area contributed by atoms with Crippen molar-refractivity contribution in [2.45, 2.75) is 15.3 Å². The minimum atomic E-state index is -2.37. The molecule has 0 aromatic carbocycles. The van der Waals surface area contributed by atoms with Gasteiger partial charge in [-0.25, -0.2) is 4.79 Å². The van der Waals surface area contributed by atoms with Gasteiger partial charge < -0.3 is 10.2 Å². The molecule has 0 aromatic rings. The van der Waals surface area contributed by atoms with Crippen molar-refractivity contribution in [2.24, 2.45) is 0 Å². The van der Waals surface area contributed by atoms with Crippen LogP contribution >= 0.6 is 46.4 Å². The van der Waals surface area contributed by atoms with Crippen molar-refractivity contribution in [3.8, 4) is 0 Å². The summed E-state index contributed by atoms with van der Waals surface area (Å²) < 4.78 is -2.37. The van der Waals surface area contributed by atoms with Gasteiger partial charge in [0.05, 0.1) is 0 Å². The Kier molecular flexibility index (Phi) is 4.22. The fourth-order valence-electron chi connectivity index (χ4n) is 0.285. The minimum Gasteiger partial charge on any atom is -0.479 e. The van der Waals surface area contributed by atoms with Gasteiger partial charge in [-0.15, -0.1) is 23.2 Å². The molecule has 0 spiro atoms. The highest BCUT2D eigenvalue weighted by molar-refractivity contribution is 6.59. The Morgan fingerprint density at radius 3 is 1.82 bits per heavy atom. The Hall–Kier alpha value is 0.590. The maximum absolute atomic E-state index is 10.2. The molecule has 3 nitrogen and oxygen atoms in total. The molecule has 7 heteroatoms. The Labute approximate surface area is 82.8 Å². The van der Waals surface area contributed by atoms with E-state index >= 15 is 0 Å². The van der Waals surface area contributed by atoms with E-state index in [1.807, 2.05) is 0 Å². The zero-order valence-corrected chi connectivity index (χ0v) is 7.99. The predicted molar refractivity (Wildman–Crippen MR) is 43.6 cm³/mol. The van der Waals surface area contributed by atoms with Crippen LogP contribution < -0.4 is 0 Å². The molecule has 2 N–H and O–H groups in total. The fraction of sp³-hybridized carbons (Fsp3) is 0.750. The van der Waals surface area contributed by atoms with E-state index in [-0.39, 0.29) is 0 Å². The number of hydrogen-bond donors (Lipinski definition) is 2. The number of alkyl halides is 4. The number of carboxylic acids is 1. The lowest BCUT2D eigenvalue weighted by atomic mass is 10.3. The first-order valence-electron chi connectivity index (χ1n) is 2.37. The molecule has 0 radical (unpaired) electrons. The highest BCUT2D eigenvalue weighted by Gasteiger charge is 2.45. The average Bonchev–Trinajstić information content (AvgIpc) is 1.85. The largest absolute Gasteiger partial charge is 0.479 e. The van der Waals surface area contributed by atoms with Gasteiger partial charge >= 0.3 is 5.97 Å².